The largest absolute Gasteiger partial charge is 0.326 e. The number of carbonyl (C=O) groups is 1. The molecule has 2 rings (SSSR count). The Morgan fingerprint density at radius 1 is 1.04 bits per heavy atom. The molecule has 4 nitrogen and oxygen atoms in total. The summed E-state index contributed by atoms with van der Waals surface area (Å²) < 4.78 is 25.3. The van der Waals surface area contributed by atoms with Gasteiger partial charge in [-0.25, -0.2) is 8.42 Å². The lowest BCUT2D eigenvalue weighted by atomic mass is 10.2. The Bertz CT molecular complexity index is 819. The maximum absolute atomic E-state index is 12.2. The lowest BCUT2D eigenvalue weighted by Crippen LogP contribution is -2.18. The molecule has 8 heteroatoms. The van der Waals surface area contributed by atoms with E-state index in [1.54, 1.807) is 42.5 Å². The molecule has 24 heavy (non-hydrogen) atoms. The molecule has 0 radical (unpaired) electrons. The summed E-state index contributed by atoms with van der Waals surface area (Å²) >= 11 is 15.3. The Labute approximate surface area is 159 Å². The highest BCUT2D eigenvalue weighted by Gasteiger charge is 2.18. The molecule has 0 heterocycles. The van der Waals surface area contributed by atoms with E-state index >= 15 is 0 Å². The summed E-state index contributed by atoms with van der Waals surface area (Å²) in [5.74, 6) is -0.945. The van der Waals surface area contributed by atoms with Crippen molar-refractivity contribution in [2.24, 2.45) is 0 Å². The predicted molar refractivity (Wildman–Crippen MR) is 101 cm³/mol. The first kappa shape index (κ1) is 19.2. The smallest absolute Gasteiger partial charge is 0.225 e. The highest BCUT2D eigenvalue weighted by molar-refractivity contribution is 9.10. The van der Waals surface area contributed by atoms with Crippen molar-refractivity contribution in [3.05, 3.63) is 62.5 Å². The van der Waals surface area contributed by atoms with E-state index in [9.17, 15) is 13.2 Å². The zero-order valence-corrected chi connectivity index (χ0v) is 16.3. The number of amides is 1. The first-order valence-corrected chi connectivity index (χ1v) is 10.3. The molecule has 0 aliphatic rings. The van der Waals surface area contributed by atoms with Crippen LogP contribution in [0.5, 0.6) is 0 Å². The van der Waals surface area contributed by atoms with Gasteiger partial charge in [-0.3, -0.25) is 4.79 Å². The van der Waals surface area contributed by atoms with Crippen molar-refractivity contribution < 1.29 is 13.2 Å². The number of hydrogen-bond donors (Lipinski definition) is 1. The Balaban J connectivity index is 1.94. The van der Waals surface area contributed by atoms with Gasteiger partial charge in [0.05, 0.1) is 11.5 Å². The van der Waals surface area contributed by atoms with Crippen molar-refractivity contribution in [3.8, 4) is 0 Å². The molecule has 0 bridgehead atoms. The molecule has 1 N–H and O–H groups in total. The highest BCUT2D eigenvalue weighted by atomic mass is 79.9. The van der Waals surface area contributed by atoms with Crippen LogP contribution in [0.25, 0.3) is 0 Å². The molecular formula is C16H14BrCl2NO3S. The van der Waals surface area contributed by atoms with Crippen LogP contribution in [0.3, 0.4) is 0 Å². The average Bonchev–Trinajstić information content (AvgIpc) is 2.52. The number of carbonyl (C=O) groups excluding carboxylic acids is 1. The second-order valence-electron chi connectivity index (χ2n) is 5.10. The summed E-state index contributed by atoms with van der Waals surface area (Å²) in [5, 5.41) is 3.25. The SMILES string of the molecule is O=C(CCS(=O)(=O)Cc1c(Cl)cccc1Cl)Nc1ccc(Br)cc1. The molecule has 0 spiro atoms. The fraction of sp³-hybridized carbons (Fsp3) is 0.188. The fourth-order valence-corrected chi connectivity index (χ4v) is 4.31. The first-order valence-electron chi connectivity index (χ1n) is 6.95. The third kappa shape index (κ3) is 5.77. The quantitative estimate of drug-likeness (QED) is 0.693. The molecule has 0 unspecified atom stereocenters. The molecule has 0 saturated carbocycles. The second-order valence-corrected chi connectivity index (χ2v) is 9.01. The van der Waals surface area contributed by atoms with E-state index < -0.39 is 9.84 Å². The molecule has 1 amide bonds. The fourth-order valence-electron chi connectivity index (χ4n) is 1.97. The van der Waals surface area contributed by atoms with E-state index in [1.165, 1.54) is 0 Å². The second kappa shape index (κ2) is 8.34. The van der Waals surface area contributed by atoms with Gasteiger partial charge in [-0.1, -0.05) is 45.2 Å². The van der Waals surface area contributed by atoms with Crippen LogP contribution in [0, 0.1) is 0 Å². The summed E-state index contributed by atoms with van der Waals surface area (Å²) in [7, 11) is -3.51. The summed E-state index contributed by atoms with van der Waals surface area (Å²) in [6.45, 7) is 0. The Morgan fingerprint density at radius 3 is 2.21 bits per heavy atom. The molecule has 2 aromatic rings. The van der Waals surface area contributed by atoms with Crippen LogP contribution >= 0.6 is 39.1 Å². The molecule has 2 aromatic carbocycles. The zero-order valence-electron chi connectivity index (χ0n) is 12.4. The number of halogens is 3. The lowest BCUT2D eigenvalue weighted by molar-refractivity contribution is -0.115. The van der Waals surface area contributed by atoms with Gasteiger partial charge in [0, 0.05) is 32.2 Å². The van der Waals surface area contributed by atoms with Gasteiger partial charge >= 0.3 is 0 Å². The molecule has 0 aromatic heterocycles. The van der Waals surface area contributed by atoms with E-state index in [-0.39, 0.29) is 23.8 Å². The summed E-state index contributed by atoms with van der Waals surface area (Å²) in [6.07, 6.45) is -0.138. The molecular weight excluding hydrogens is 437 g/mol. The molecule has 128 valence electrons. The average molecular weight is 451 g/mol. The van der Waals surface area contributed by atoms with Crippen molar-refractivity contribution >= 4 is 60.6 Å². The number of nitrogens with one attached hydrogen (secondary N) is 1. The van der Waals surface area contributed by atoms with Crippen LogP contribution < -0.4 is 5.32 Å². The maximum atomic E-state index is 12.2. The Hall–Kier alpha value is -1.08. The number of rotatable bonds is 6. The van der Waals surface area contributed by atoms with E-state index in [4.69, 9.17) is 23.2 Å². The molecule has 0 aliphatic carbocycles. The van der Waals surface area contributed by atoms with Crippen LogP contribution in [-0.2, 0) is 20.4 Å². The summed E-state index contributed by atoms with van der Waals surface area (Å²) in [6, 6.07) is 11.8. The molecule has 0 saturated heterocycles. The monoisotopic (exact) mass is 449 g/mol. The summed E-state index contributed by atoms with van der Waals surface area (Å²) in [5.41, 5.74) is 0.962. The van der Waals surface area contributed by atoms with Crippen LogP contribution in [0.2, 0.25) is 10.0 Å². The highest BCUT2D eigenvalue weighted by Crippen LogP contribution is 2.26. The van der Waals surface area contributed by atoms with Crippen LogP contribution in [0.4, 0.5) is 5.69 Å². The van der Waals surface area contributed by atoms with Crippen molar-refractivity contribution in [2.75, 3.05) is 11.1 Å². The van der Waals surface area contributed by atoms with Gasteiger partial charge in [0.15, 0.2) is 9.84 Å². The number of hydrogen-bond acceptors (Lipinski definition) is 3. The number of sulfone groups is 1. The minimum absolute atomic E-state index is 0.138. The third-order valence-corrected chi connectivity index (χ3v) is 5.99. The van der Waals surface area contributed by atoms with Gasteiger partial charge in [0.2, 0.25) is 5.91 Å². The Morgan fingerprint density at radius 2 is 1.62 bits per heavy atom. The topological polar surface area (TPSA) is 63.2 Å². The first-order chi connectivity index (χ1) is 11.3. The lowest BCUT2D eigenvalue weighted by Gasteiger charge is -2.09. The summed E-state index contributed by atoms with van der Waals surface area (Å²) in [4.78, 5) is 11.9. The van der Waals surface area contributed by atoms with Gasteiger partial charge < -0.3 is 5.32 Å². The zero-order chi connectivity index (χ0) is 17.7. The number of anilines is 1. The van der Waals surface area contributed by atoms with E-state index in [0.29, 0.717) is 21.3 Å². The standard InChI is InChI=1S/C16H14BrCl2NO3S/c17-11-4-6-12(7-5-11)20-16(21)8-9-24(22,23)10-13-14(18)2-1-3-15(13)19/h1-7H,8-10H2,(H,20,21). The number of benzene rings is 2. The normalized spacial score (nSPS) is 11.3. The van der Waals surface area contributed by atoms with Crippen LogP contribution in [0.1, 0.15) is 12.0 Å². The van der Waals surface area contributed by atoms with Crippen LogP contribution in [-0.4, -0.2) is 20.1 Å². The van der Waals surface area contributed by atoms with Crippen molar-refractivity contribution in [1.82, 2.24) is 0 Å². The van der Waals surface area contributed by atoms with E-state index in [0.717, 1.165) is 4.47 Å². The van der Waals surface area contributed by atoms with Crippen molar-refractivity contribution in [1.29, 1.82) is 0 Å². The third-order valence-electron chi connectivity index (χ3n) is 3.19. The van der Waals surface area contributed by atoms with Crippen molar-refractivity contribution in [3.63, 3.8) is 0 Å². The molecule has 0 fully saturated rings. The predicted octanol–water partition coefficient (Wildman–Crippen LogP) is 4.70. The molecule has 0 aliphatic heterocycles. The van der Waals surface area contributed by atoms with Gasteiger partial charge in [-0.2, -0.15) is 0 Å². The van der Waals surface area contributed by atoms with Gasteiger partial charge in [-0.05, 0) is 36.4 Å². The van der Waals surface area contributed by atoms with Gasteiger partial charge in [0.1, 0.15) is 0 Å². The molecule has 0 atom stereocenters. The maximum Gasteiger partial charge on any atom is 0.225 e. The van der Waals surface area contributed by atoms with Crippen LogP contribution in [0.15, 0.2) is 46.9 Å². The van der Waals surface area contributed by atoms with Gasteiger partial charge in [-0.15, -0.1) is 0 Å². The Kier molecular flexibility index (Phi) is 6.69. The van der Waals surface area contributed by atoms with E-state index in [1.807, 2.05) is 0 Å². The van der Waals surface area contributed by atoms with Crippen molar-refractivity contribution in [2.45, 2.75) is 12.2 Å². The van der Waals surface area contributed by atoms with Gasteiger partial charge in [0.25, 0.3) is 0 Å². The minimum Gasteiger partial charge on any atom is -0.326 e. The van der Waals surface area contributed by atoms with E-state index in [2.05, 4.69) is 21.2 Å². The minimum atomic E-state index is -3.51.